The average Bonchev–Trinajstić information content (AvgIpc) is 2.81. The van der Waals surface area contributed by atoms with Crippen LogP contribution in [0, 0.1) is 5.82 Å². The maximum Gasteiger partial charge on any atom is 0.202 e. The van der Waals surface area contributed by atoms with Gasteiger partial charge in [0.1, 0.15) is 27.5 Å². The fourth-order valence-corrected chi connectivity index (χ4v) is 8.14. The zero-order valence-electron chi connectivity index (χ0n) is 17.1. The average molecular weight is 416 g/mol. The number of rotatable bonds is 6. The minimum absolute atomic E-state index is 0.230. The van der Waals surface area contributed by atoms with Gasteiger partial charge in [-0.1, -0.05) is 42.5 Å². The highest BCUT2D eigenvalue weighted by Gasteiger charge is 2.50. The van der Waals surface area contributed by atoms with Crippen LogP contribution >= 0.6 is 7.41 Å². The van der Waals surface area contributed by atoms with Crippen LogP contribution in [0.5, 0.6) is 5.75 Å². The third-order valence-electron chi connectivity index (χ3n) is 5.34. The molecule has 0 aliphatic carbocycles. The number of benzene rings is 4. The predicted molar refractivity (Wildman–Crippen MR) is 127 cm³/mol. The monoisotopic (exact) mass is 416 g/mol. The number of ether oxygens (including phenoxy) is 1. The van der Waals surface area contributed by atoms with E-state index < -0.39 is 7.41 Å². The van der Waals surface area contributed by atoms with Crippen LogP contribution in [0.4, 0.5) is 10.1 Å². The van der Waals surface area contributed by atoms with Crippen molar-refractivity contribution in [2.24, 2.45) is 0 Å². The summed E-state index contributed by atoms with van der Waals surface area (Å²) in [5.41, 5.74) is 1.04. The van der Waals surface area contributed by atoms with Gasteiger partial charge in [-0.3, -0.25) is 0 Å². The molecule has 0 aliphatic heterocycles. The van der Waals surface area contributed by atoms with Crippen LogP contribution in [0.25, 0.3) is 0 Å². The summed E-state index contributed by atoms with van der Waals surface area (Å²) in [6.07, 6.45) is 0. The van der Waals surface area contributed by atoms with Crippen LogP contribution in [-0.4, -0.2) is 14.2 Å². The highest BCUT2D eigenvalue weighted by Crippen LogP contribution is 2.59. The number of anilines is 1. The minimum atomic E-state index is -2.36. The van der Waals surface area contributed by atoms with Crippen LogP contribution in [0.1, 0.15) is 0 Å². The van der Waals surface area contributed by atoms with Crippen LogP contribution in [0.2, 0.25) is 0 Å². The predicted octanol–water partition coefficient (Wildman–Crippen LogP) is 5.18. The maximum absolute atomic E-state index is 14.5. The first-order valence-corrected chi connectivity index (χ1v) is 11.5. The number of hydrogen-bond acceptors (Lipinski definition) is 2. The molecule has 4 heteroatoms. The molecule has 30 heavy (non-hydrogen) atoms. The van der Waals surface area contributed by atoms with Crippen molar-refractivity contribution in [2.75, 3.05) is 18.8 Å². The van der Waals surface area contributed by atoms with Gasteiger partial charge in [-0.25, -0.2) is 9.06 Å². The van der Waals surface area contributed by atoms with Crippen LogP contribution in [0.3, 0.4) is 0 Å². The van der Waals surface area contributed by atoms with E-state index >= 15 is 0 Å². The van der Waals surface area contributed by atoms with Crippen molar-refractivity contribution >= 4 is 29.0 Å². The Hall–Kier alpha value is -3.16. The molecule has 4 aromatic rings. The number of methoxy groups -OCH3 is 1. The van der Waals surface area contributed by atoms with Crippen molar-refractivity contribution in [3.05, 3.63) is 115 Å². The lowest BCUT2D eigenvalue weighted by molar-refractivity contribution is 0.415. The molecule has 4 rings (SSSR count). The van der Waals surface area contributed by atoms with E-state index in [1.54, 1.807) is 19.2 Å². The highest BCUT2D eigenvalue weighted by molar-refractivity contribution is 7.96. The number of nitrogens with zero attached hydrogens (tertiary/aromatic N) is 1. The Kier molecular flexibility index (Phi) is 5.83. The number of halogens is 1. The van der Waals surface area contributed by atoms with Crippen molar-refractivity contribution in [1.82, 2.24) is 0 Å². The fraction of sp³-hybridized carbons (Fsp3) is 0.0769. The van der Waals surface area contributed by atoms with Gasteiger partial charge in [0, 0.05) is 13.1 Å². The zero-order valence-corrected chi connectivity index (χ0v) is 18.0. The molecule has 4 aromatic carbocycles. The molecule has 0 radical (unpaired) electrons. The molecule has 0 spiro atoms. The second kappa shape index (κ2) is 8.69. The van der Waals surface area contributed by atoms with Gasteiger partial charge >= 0.3 is 0 Å². The largest absolute Gasteiger partial charge is 0.497 e. The van der Waals surface area contributed by atoms with Crippen molar-refractivity contribution in [3.8, 4) is 5.75 Å². The first-order chi connectivity index (χ1) is 14.7. The summed E-state index contributed by atoms with van der Waals surface area (Å²) in [6, 6.07) is 35.9. The highest BCUT2D eigenvalue weighted by atomic mass is 31.2. The Morgan fingerprint density at radius 3 is 1.70 bits per heavy atom. The summed E-state index contributed by atoms with van der Waals surface area (Å²) in [5, 5.41) is 3.30. The molecule has 0 fully saturated rings. The van der Waals surface area contributed by atoms with Crippen molar-refractivity contribution < 1.29 is 9.13 Å². The zero-order chi connectivity index (χ0) is 21.0. The third kappa shape index (κ3) is 3.58. The molecule has 150 valence electrons. The van der Waals surface area contributed by atoms with Crippen molar-refractivity contribution in [1.29, 1.82) is 0 Å². The maximum atomic E-state index is 14.5. The molecule has 0 unspecified atom stereocenters. The van der Waals surface area contributed by atoms with Gasteiger partial charge in [-0.15, -0.1) is 0 Å². The summed E-state index contributed by atoms with van der Waals surface area (Å²) >= 11 is 0. The SMILES string of the molecule is COc1ccc(N(C)[P+](c2ccccc2)(c2ccccc2)c2cccc(F)c2)cc1. The van der Waals surface area contributed by atoms with Crippen molar-refractivity contribution in [2.45, 2.75) is 0 Å². The molecule has 0 heterocycles. The lowest BCUT2D eigenvalue weighted by Gasteiger charge is -2.35. The van der Waals surface area contributed by atoms with Crippen molar-refractivity contribution in [3.63, 3.8) is 0 Å². The normalized spacial score (nSPS) is 11.2. The summed E-state index contributed by atoms with van der Waals surface area (Å²) in [6.45, 7) is 0. The molecule has 0 aromatic heterocycles. The lowest BCUT2D eigenvalue weighted by atomic mass is 10.3. The van der Waals surface area contributed by atoms with E-state index in [2.05, 4.69) is 48.1 Å². The van der Waals surface area contributed by atoms with Gasteiger partial charge in [0.25, 0.3) is 0 Å². The van der Waals surface area contributed by atoms with E-state index in [1.807, 2.05) is 54.6 Å². The molecule has 0 atom stereocenters. The molecular weight excluding hydrogens is 392 g/mol. The molecule has 0 N–H and O–H groups in total. The van der Waals surface area contributed by atoms with Gasteiger partial charge in [-0.2, -0.15) is 0 Å². The van der Waals surface area contributed by atoms with E-state index in [9.17, 15) is 4.39 Å². The third-order valence-corrected chi connectivity index (χ3v) is 9.59. The summed E-state index contributed by atoms with van der Waals surface area (Å²) in [7, 11) is 1.40. The molecule has 0 saturated carbocycles. The first kappa shape index (κ1) is 20.1. The number of hydrogen-bond donors (Lipinski definition) is 0. The molecular formula is C26H24FNOP+. The standard InChI is InChI=1S/C26H24FNOP/c1-28(22-16-18-23(29-2)19-17-22)30(24-11-5-3-6-12-24,25-13-7-4-8-14-25)26-15-9-10-21(27)20-26/h3-20H,1-2H3/q+1. The fourth-order valence-electron chi connectivity index (χ4n) is 3.90. The Balaban J connectivity index is 2.04. The van der Waals surface area contributed by atoms with Gasteiger partial charge in [0.2, 0.25) is 7.41 Å². The van der Waals surface area contributed by atoms with E-state index in [4.69, 9.17) is 4.74 Å². The minimum Gasteiger partial charge on any atom is -0.497 e. The first-order valence-electron chi connectivity index (χ1n) is 9.81. The summed E-state index contributed by atoms with van der Waals surface area (Å²) < 4.78 is 22.1. The molecule has 0 saturated heterocycles. The summed E-state index contributed by atoms with van der Waals surface area (Å²) in [5.74, 6) is 0.577. The Bertz CT molecular complexity index is 1060. The molecule has 0 bridgehead atoms. The van der Waals surface area contributed by atoms with Gasteiger partial charge < -0.3 is 4.74 Å². The Labute approximate surface area is 178 Å². The lowest BCUT2D eigenvalue weighted by Crippen LogP contribution is -2.42. The second-order valence-electron chi connectivity index (χ2n) is 7.01. The van der Waals surface area contributed by atoms with E-state index in [-0.39, 0.29) is 5.82 Å². The van der Waals surface area contributed by atoms with E-state index in [0.717, 1.165) is 16.7 Å². The molecule has 2 nitrogen and oxygen atoms in total. The topological polar surface area (TPSA) is 12.5 Å². The smallest absolute Gasteiger partial charge is 0.202 e. The molecule has 0 amide bonds. The van der Waals surface area contributed by atoms with Gasteiger partial charge in [0.05, 0.1) is 12.8 Å². The Morgan fingerprint density at radius 1 is 0.667 bits per heavy atom. The van der Waals surface area contributed by atoms with Crippen LogP contribution in [-0.2, 0) is 0 Å². The Morgan fingerprint density at radius 2 is 1.20 bits per heavy atom. The van der Waals surface area contributed by atoms with Gasteiger partial charge in [0.15, 0.2) is 0 Å². The van der Waals surface area contributed by atoms with Crippen LogP contribution < -0.4 is 25.3 Å². The second-order valence-corrected chi connectivity index (χ2v) is 10.4. The van der Waals surface area contributed by atoms with E-state index in [0.29, 0.717) is 0 Å². The quantitative estimate of drug-likeness (QED) is 0.402. The molecule has 0 aliphatic rings. The van der Waals surface area contributed by atoms with Crippen LogP contribution in [0.15, 0.2) is 109 Å². The summed E-state index contributed by atoms with van der Waals surface area (Å²) in [4.78, 5) is 0. The van der Waals surface area contributed by atoms with E-state index in [1.165, 1.54) is 16.7 Å². The van der Waals surface area contributed by atoms with Gasteiger partial charge in [-0.05, 0) is 60.7 Å².